The highest BCUT2D eigenvalue weighted by Gasteiger charge is 1.95. The lowest BCUT2D eigenvalue weighted by Crippen LogP contribution is -2.00. The van der Waals surface area contributed by atoms with Gasteiger partial charge in [-0.2, -0.15) is 0 Å². The van der Waals surface area contributed by atoms with Crippen molar-refractivity contribution in [2.24, 2.45) is 5.73 Å². The summed E-state index contributed by atoms with van der Waals surface area (Å²) in [7, 11) is 0. The van der Waals surface area contributed by atoms with Crippen molar-refractivity contribution in [1.29, 1.82) is 0 Å². The van der Waals surface area contributed by atoms with Gasteiger partial charge < -0.3 is 5.73 Å². The zero-order valence-electron chi connectivity index (χ0n) is 6.45. The minimum Gasteiger partial charge on any atom is -0.325 e. The second-order valence-electron chi connectivity index (χ2n) is 1.97. The molecule has 0 radical (unpaired) electrons. The fraction of sp³-hybridized carbons (Fsp3) is 0.429. The number of aromatic nitrogens is 2. The molecule has 1 aromatic rings. The smallest absolute Gasteiger partial charge is 0.187 e. The molecule has 3 nitrogen and oxygen atoms in total. The average Bonchev–Trinajstić information content (AvgIpc) is 2.06. The van der Waals surface area contributed by atoms with Crippen LogP contribution in [0, 0.1) is 0 Å². The van der Waals surface area contributed by atoms with E-state index in [1.54, 1.807) is 18.0 Å². The lowest BCUT2D eigenvalue weighted by atomic mass is 10.4. The van der Waals surface area contributed by atoms with Gasteiger partial charge in [0.25, 0.3) is 0 Å². The Hall–Kier alpha value is -0.610. The summed E-state index contributed by atoms with van der Waals surface area (Å²) in [5.41, 5.74) is 6.31. The molecule has 11 heavy (non-hydrogen) atoms. The zero-order chi connectivity index (χ0) is 8.10. The minimum atomic E-state index is 0.486. The van der Waals surface area contributed by atoms with Crippen LogP contribution < -0.4 is 5.73 Å². The molecule has 60 valence electrons. The van der Waals surface area contributed by atoms with Crippen LogP contribution in [-0.4, -0.2) is 15.7 Å². The zero-order valence-corrected chi connectivity index (χ0v) is 7.27. The quantitative estimate of drug-likeness (QED) is 0.542. The van der Waals surface area contributed by atoms with E-state index in [1.807, 2.05) is 6.07 Å². The average molecular weight is 169 g/mol. The van der Waals surface area contributed by atoms with Crippen LogP contribution >= 0.6 is 11.8 Å². The van der Waals surface area contributed by atoms with Crippen LogP contribution in [0.1, 0.15) is 12.6 Å². The lowest BCUT2D eigenvalue weighted by Gasteiger charge is -1.98. The van der Waals surface area contributed by atoms with Crippen LogP contribution in [0.3, 0.4) is 0 Å². The van der Waals surface area contributed by atoms with Gasteiger partial charge in [0.1, 0.15) is 0 Å². The van der Waals surface area contributed by atoms with E-state index in [1.165, 1.54) is 0 Å². The predicted molar refractivity (Wildman–Crippen MR) is 46.3 cm³/mol. The Morgan fingerprint density at radius 3 is 3.09 bits per heavy atom. The number of rotatable bonds is 3. The van der Waals surface area contributed by atoms with E-state index in [2.05, 4.69) is 16.9 Å². The van der Waals surface area contributed by atoms with Crippen LogP contribution in [0.5, 0.6) is 0 Å². The molecule has 0 amide bonds. The van der Waals surface area contributed by atoms with Gasteiger partial charge in [-0.05, 0) is 11.8 Å². The topological polar surface area (TPSA) is 51.8 Å². The molecule has 2 N–H and O–H groups in total. The van der Waals surface area contributed by atoms with Crippen molar-refractivity contribution >= 4 is 11.8 Å². The molecular weight excluding hydrogens is 158 g/mol. The fourth-order valence-electron chi connectivity index (χ4n) is 0.688. The van der Waals surface area contributed by atoms with Crippen molar-refractivity contribution in [2.45, 2.75) is 18.6 Å². The van der Waals surface area contributed by atoms with Gasteiger partial charge in [0.15, 0.2) is 5.16 Å². The molecule has 0 saturated carbocycles. The molecule has 0 bridgehead atoms. The second-order valence-corrected chi connectivity index (χ2v) is 3.20. The number of nitrogens with two attached hydrogens (primary N) is 1. The summed E-state index contributed by atoms with van der Waals surface area (Å²) in [5.74, 6) is 0.994. The van der Waals surface area contributed by atoms with Crippen molar-refractivity contribution in [3.8, 4) is 0 Å². The summed E-state index contributed by atoms with van der Waals surface area (Å²) in [4.78, 5) is 8.28. The minimum absolute atomic E-state index is 0.486. The fourth-order valence-corrected chi connectivity index (χ4v) is 1.26. The Labute approximate surface area is 70.4 Å². The first-order chi connectivity index (χ1) is 5.36. The highest BCUT2D eigenvalue weighted by atomic mass is 32.2. The Morgan fingerprint density at radius 1 is 1.64 bits per heavy atom. The van der Waals surface area contributed by atoms with Gasteiger partial charge in [-0.25, -0.2) is 9.97 Å². The standard InChI is InChI=1S/C7H11N3S/c1-2-11-7-9-4-3-6(5-8)10-7/h3-4H,2,5,8H2,1H3. The summed E-state index contributed by atoms with van der Waals surface area (Å²) in [5, 5.41) is 0.815. The summed E-state index contributed by atoms with van der Waals surface area (Å²) in [6, 6.07) is 1.83. The highest BCUT2D eigenvalue weighted by Crippen LogP contribution is 2.10. The van der Waals surface area contributed by atoms with Gasteiger partial charge in [0, 0.05) is 12.7 Å². The highest BCUT2D eigenvalue weighted by molar-refractivity contribution is 7.99. The maximum atomic E-state index is 5.42. The van der Waals surface area contributed by atoms with Gasteiger partial charge in [0.05, 0.1) is 5.69 Å². The van der Waals surface area contributed by atoms with Crippen LogP contribution in [0.15, 0.2) is 17.4 Å². The Morgan fingerprint density at radius 2 is 2.45 bits per heavy atom. The van der Waals surface area contributed by atoms with Crippen LogP contribution in [0.2, 0.25) is 0 Å². The van der Waals surface area contributed by atoms with E-state index in [9.17, 15) is 0 Å². The lowest BCUT2D eigenvalue weighted by molar-refractivity contribution is 0.875. The number of hydrogen-bond donors (Lipinski definition) is 1. The van der Waals surface area contributed by atoms with Crippen molar-refractivity contribution < 1.29 is 0 Å². The Bertz CT molecular complexity index is 227. The molecule has 0 aromatic carbocycles. The second kappa shape index (κ2) is 4.31. The molecule has 0 atom stereocenters. The summed E-state index contributed by atoms with van der Waals surface area (Å²) in [6.45, 7) is 2.56. The van der Waals surface area contributed by atoms with Crippen molar-refractivity contribution in [3.63, 3.8) is 0 Å². The molecule has 4 heteroatoms. The first-order valence-corrected chi connectivity index (χ1v) is 4.50. The van der Waals surface area contributed by atoms with Crippen molar-refractivity contribution in [2.75, 3.05) is 5.75 Å². The molecule has 0 aliphatic carbocycles. The van der Waals surface area contributed by atoms with E-state index < -0.39 is 0 Å². The third-order valence-electron chi connectivity index (χ3n) is 1.17. The van der Waals surface area contributed by atoms with Crippen LogP contribution in [-0.2, 0) is 6.54 Å². The van der Waals surface area contributed by atoms with Gasteiger partial charge in [-0.3, -0.25) is 0 Å². The molecule has 0 aliphatic heterocycles. The van der Waals surface area contributed by atoms with Gasteiger partial charge in [0.2, 0.25) is 0 Å². The molecule has 0 fully saturated rings. The normalized spacial score (nSPS) is 10.0. The molecule has 1 rings (SSSR count). The maximum absolute atomic E-state index is 5.42. The summed E-state index contributed by atoms with van der Waals surface area (Å²) >= 11 is 1.63. The maximum Gasteiger partial charge on any atom is 0.187 e. The third kappa shape index (κ3) is 2.48. The van der Waals surface area contributed by atoms with E-state index in [4.69, 9.17) is 5.73 Å². The predicted octanol–water partition coefficient (Wildman–Crippen LogP) is 1.05. The summed E-state index contributed by atoms with van der Waals surface area (Å²) in [6.07, 6.45) is 1.74. The van der Waals surface area contributed by atoms with Crippen LogP contribution in [0.4, 0.5) is 0 Å². The largest absolute Gasteiger partial charge is 0.325 e. The van der Waals surface area contributed by atoms with Gasteiger partial charge >= 0.3 is 0 Å². The third-order valence-corrected chi connectivity index (χ3v) is 1.92. The van der Waals surface area contributed by atoms with Crippen molar-refractivity contribution in [3.05, 3.63) is 18.0 Å². The van der Waals surface area contributed by atoms with Gasteiger partial charge in [-0.1, -0.05) is 18.7 Å². The number of thioether (sulfide) groups is 1. The molecule has 1 heterocycles. The molecule has 0 unspecified atom stereocenters. The van der Waals surface area contributed by atoms with E-state index in [0.29, 0.717) is 6.54 Å². The first-order valence-electron chi connectivity index (χ1n) is 3.51. The van der Waals surface area contributed by atoms with Crippen LogP contribution in [0.25, 0.3) is 0 Å². The molecular formula is C7H11N3S. The van der Waals surface area contributed by atoms with E-state index in [-0.39, 0.29) is 0 Å². The Kier molecular flexibility index (Phi) is 3.32. The SMILES string of the molecule is CCSc1nccc(CN)n1. The monoisotopic (exact) mass is 169 g/mol. The molecule has 1 aromatic heterocycles. The molecule has 0 spiro atoms. The number of hydrogen-bond acceptors (Lipinski definition) is 4. The first kappa shape index (κ1) is 8.49. The van der Waals surface area contributed by atoms with Gasteiger partial charge in [-0.15, -0.1) is 0 Å². The van der Waals surface area contributed by atoms with Crippen molar-refractivity contribution in [1.82, 2.24) is 9.97 Å². The van der Waals surface area contributed by atoms with E-state index in [0.717, 1.165) is 16.6 Å². The number of nitrogens with zero attached hydrogens (tertiary/aromatic N) is 2. The Balaban J connectivity index is 2.74. The van der Waals surface area contributed by atoms with E-state index >= 15 is 0 Å². The molecule has 0 aliphatic rings. The molecule has 0 saturated heterocycles. The summed E-state index contributed by atoms with van der Waals surface area (Å²) < 4.78 is 0.